The van der Waals surface area contributed by atoms with Crippen LogP contribution in [0.5, 0.6) is 0 Å². The SMILES string of the molecule is C=CCC(O)C1CCOCC1. The first kappa shape index (κ1) is 8.75. The quantitative estimate of drug-likeness (QED) is 0.625. The van der Waals surface area contributed by atoms with Crippen LogP contribution in [0.25, 0.3) is 0 Å². The molecule has 0 saturated carbocycles. The summed E-state index contributed by atoms with van der Waals surface area (Å²) in [7, 11) is 0. The fraction of sp³-hybridized carbons (Fsp3) is 0.778. The smallest absolute Gasteiger partial charge is 0.0604 e. The highest BCUT2D eigenvalue weighted by atomic mass is 16.5. The van der Waals surface area contributed by atoms with Gasteiger partial charge in [0.05, 0.1) is 6.10 Å². The summed E-state index contributed by atoms with van der Waals surface area (Å²) in [6.45, 7) is 5.21. The highest BCUT2D eigenvalue weighted by molar-refractivity contribution is 4.79. The van der Waals surface area contributed by atoms with E-state index in [2.05, 4.69) is 6.58 Å². The third-order valence-corrected chi connectivity index (χ3v) is 2.22. The highest BCUT2D eigenvalue weighted by Crippen LogP contribution is 2.20. The Morgan fingerprint density at radius 1 is 1.55 bits per heavy atom. The van der Waals surface area contributed by atoms with Gasteiger partial charge in [-0.15, -0.1) is 6.58 Å². The minimum atomic E-state index is -0.198. The molecule has 64 valence electrons. The lowest BCUT2D eigenvalue weighted by atomic mass is 9.92. The molecule has 0 bridgehead atoms. The first-order chi connectivity index (χ1) is 5.34. The Bertz CT molecular complexity index is 117. The number of rotatable bonds is 3. The summed E-state index contributed by atoms with van der Waals surface area (Å²) in [6.07, 6.45) is 4.28. The fourth-order valence-electron chi connectivity index (χ4n) is 1.46. The van der Waals surface area contributed by atoms with Crippen LogP contribution in [-0.4, -0.2) is 24.4 Å². The number of aliphatic hydroxyl groups is 1. The lowest BCUT2D eigenvalue weighted by Gasteiger charge is -2.25. The van der Waals surface area contributed by atoms with Crippen molar-refractivity contribution < 1.29 is 9.84 Å². The lowest BCUT2D eigenvalue weighted by molar-refractivity contribution is 0.00941. The molecule has 0 radical (unpaired) electrons. The zero-order valence-corrected chi connectivity index (χ0v) is 6.83. The van der Waals surface area contributed by atoms with Crippen molar-refractivity contribution >= 4 is 0 Å². The standard InChI is InChI=1S/C9H16O2/c1-2-3-9(10)8-4-6-11-7-5-8/h2,8-10H,1,3-7H2. The zero-order chi connectivity index (χ0) is 8.10. The van der Waals surface area contributed by atoms with Crippen LogP contribution >= 0.6 is 0 Å². The molecule has 1 aliphatic rings. The van der Waals surface area contributed by atoms with Crippen LogP contribution in [0, 0.1) is 5.92 Å². The van der Waals surface area contributed by atoms with Gasteiger partial charge >= 0.3 is 0 Å². The molecule has 1 rings (SSSR count). The van der Waals surface area contributed by atoms with Crippen LogP contribution in [0.1, 0.15) is 19.3 Å². The minimum Gasteiger partial charge on any atom is -0.393 e. The third kappa shape index (κ3) is 2.64. The Morgan fingerprint density at radius 2 is 2.18 bits per heavy atom. The van der Waals surface area contributed by atoms with E-state index in [4.69, 9.17) is 4.74 Å². The molecule has 2 nitrogen and oxygen atoms in total. The molecular weight excluding hydrogens is 140 g/mol. The Labute approximate surface area is 67.9 Å². The first-order valence-corrected chi connectivity index (χ1v) is 4.21. The average Bonchev–Trinajstić information content (AvgIpc) is 2.07. The summed E-state index contributed by atoms with van der Waals surface area (Å²) in [6, 6.07) is 0. The second-order valence-corrected chi connectivity index (χ2v) is 3.04. The Morgan fingerprint density at radius 3 is 2.73 bits per heavy atom. The van der Waals surface area contributed by atoms with Crippen molar-refractivity contribution in [1.82, 2.24) is 0 Å². The average molecular weight is 156 g/mol. The van der Waals surface area contributed by atoms with E-state index in [0.717, 1.165) is 26.1 Å². The van der Waals surface area contributed by atoms with Gasteiger partial charge in [-0.2, -0.15) is 0 Å². The highest BCUT2D eigenvalue weighted by Gasteiger charge is 2.20. The van der Waals surface area contributed by atoms with Crippen LogP contribution in [-0.2, 0) is 4.74 Å². The molecule has 11 heavy (non-hydrogen) atoms. The summed E-state index contributed by atoms with van der Waals surface area (Å²) < 4.78 is 5.19. The normalized spacial score (nSPS) is 23.0. The van der Waals surface area contributed by atoms with E-state index in [1.807, 2.05) is 0 Å². The second-order valence-electron chi connectivity index (χ2n) is 3.04. The Balaban J connectivity index is 2.26. The monoisotopic (exact) mass is 156 g/mol. The van der Waals surface area contributed by atoms with E-state index in [9.17, 15) is 5.11 Å². The predicted molar refractivity (Wildman–Crippen MR) is 44.4 cm³/mol. The van der Waals surface area contributed by atoms with Crippen LogP contribution in [0.2, 0.25) is 0 Å². The van der Waals surface area contributed by atoms with Crippen molar-refractivity contribution in [3.63, 3.8) is 0 Å². The van der Waals surface area contributed by atoms with Crippen molar-refractivity contribution in [1.29, 1.82) is 0 Å². The molecule has 0 aromatic heterocycles. The Kier molecular flexibility index (Phi) is 3.60. The lowest BCUT2D eigenvalue weighted by Crippen LogP contribution is -2.26. The molecule has 1 N–H and O–H groups in total. The zero-order valence-electron chi connectivity index (χ0n) is 6.83. The molecular formula is C9H16O2. The summed E-state index contributed by atoms with van der Waals surface area (Å²) >= 11 is 0. The van der Waals surface area contributed by atoms with E-state index >= 15 is 0 Å². The van der Waals surface area contributed by atoms with Gasteiger partial charge in [0, 0.05) is 13.2 Å². The maximum absolute atomic E-state index is 9.55. The van der Waals surface area contributed by atoms with Gasteiger partial charge in [-0.1, -0.05) is 6.08 Å². The molecule has 2 heteroatoms. The molecule has 1 fully saturated rings. The van der Waals surface area contributed by atoms with Crippen molar-refractivity contribution in [2.75, 3.05) is 13.2 Å². The summed E-state index contributed by atoms with van der Waals surface area (Å²) in [5.74, 6) is 0.432. The number of hydrogen-bond donors (Lipinski definition) is 1. The van der Waals surface area contributed by atoms with Gasteiger partial charge in [0.15, 0.2) is 0 Å². The van der Waals surface area contributed by atoms with Gasteiger partial charge < -0.3 is 9.84 Å². The molecule has 1 unspecified atom stereocenters. The maximum atomic E-state index is 9.55. The van der Waals surface area contributed by atoms with Gasteiger partial charge in [-0.05, 0) is 25.2 Å². The van der Waals surface area contributed by atoms with E-state index in [0.29, 0.717) is 12.3 Å². The summed E-state index contributed by atoms with van der Waals surface area (Å²) in [4.78, 5) is 0. The number of ether oxygens (including phenoxy) is 1. The topological polar surface area (TPSA) is 29.5 Å². The molecule has 0 aliphatic carbocycles. The van der Waals surface area contributed by atoms with Gasteiger partial charge in [-0.3, -0.25) is 0 Å². The van der Waals surface area contributed by atoms with Crippen molar-refractivity contribution in [2.45, 2.75) is 25.4 Å². The largest absolute Gasteiger partial charge is 0.393 e. The van der Waals surface area contributed by atoms with Crippen LogP contribution in [0.4, 0.5) is 0 Å². The van der Waals surface area contributed by atoms with Crippen molar-refractivity contribution in [3.05, 3.63) is 12.7 Å². The third-order valence-electron chi connectivity index (χ3n) is 2.22. The van der Waals surface area contributed by atoms with E-state index in [1.165, 1.54) is 0 Å². The molecule has 1 atom stereocenters. The molecule has 0 spiro atoms. The maximum Gasteiger partial charge on any atom is 0.0604 e. The Hall–Kier alpha value is -0.340. The summed E-state index contributed by atoms with van der Waals surface area (Å²) in [5.41, 5.74) is 0. The molecule has 1 aliphatic heterocycles. The van der Waals surface area contributed by atoms with Crippen LogP contribution < -0.4 is 0 Å². The number of hydrogen-bond acceptors (Lipinski definition) is 2. The molecule has 0 aromatic rings. The predicted octanol–water partition coefficient (Wildman–Crippen LogP) is 1.35. The van der Waals surface area contributed by atoms with Crippen LogP contribution in [0.15, 0.2) is 12.7 Å². The van der Waals surface area contributed by atoms with Gasteiger partial charge in [0.1, 0.15) is 0 Å². The van der Waals surface area contributed by atoms with E-state index in [1.54, 1.807) is 6.08 Å². The van der Waals surface area contributed by atoms with E-state index in [-0.39, 0.29) is 6.10 Å². The molecule has 1 heterocycles. The molecule has 1 saturated heterocycles. The van der Waals surface area contributed by atoms with Gasteiger partial charge in [0.2, 0.25) is 0 Å². The first-order valence-electron chi connectivity index (χ1n) is 4.21. The molecule has 0 amide bonds. The number of aliphatic hydroxyl groups excluding tert-OH is 1. The molecule has 0 aromatic carbocycles. The second kappa shape index (κ2) is 4.52. The van der Waals surface area contributed by atoms with Crippen molar-refractivity contribution in [3.8, 4) is 0 Å². The summed E-state index contributed by atoms with van der Waals surface area (Å²) in [5, 5.41) is 9.55. The van der Waals surface area contributed by atoms with Gasteiger partial charge in [-0.25, -0.2) is 0 Å². The fourth-order valence-corrected chi connectivity index (χ4v) is 1.46. The van der Waals surface area contributed by atoms with Crippen molar-refractivity contribution in [2.24, 2.45) is 5.92 Å². The van der Waals surface area contributed by atoms with Crippen LogP contribution in [0.3, 0.4) is 0 Å². The van der Waals surface area contributed by atoms with E-state index < -0.39 is 0 Å². The van der Waals surface area contributed by atoms with Gasteiger partial charge in [0.25, 0.3) is 0 Å². The minimum absolute atomic E-state index is 0.198.